The first-order valence-electron chi connectivity index (χ1n) is 22.3. The summed E-state index contributed by atoms with van der Waals surface area (Å²) >= 11 is 0. The van der Waals surface area contributed by atoms with E-state index in [1.54, 1.807) is 0 Å². The molecule has 1 aliphatic rings. The van der Waals surface area contributed by atoms with Gasteiger partial charge in [-0.25, -0.2) is 0 Å². The average molecular weight is 871 g/mol. The SMILES string of the molecule is CCCCCCCCCCC[Si]1(c2ccccc2)O[Si](c2ccccc2)(c2ccccc2)O[Si](c2ccccc2)(c2ccccc2)O[Si](c2ccccc2)(c2ccccc2)O1. The number of benzene rings is 7. The molecule has 0 aliphatic carbocycles. The minimum atomic E-state index is -3.85. The average Bonchev–Trinajstić information content (AvgIpc) is 3.34. The van der Waals surface area contributed by atoms with Gasteiger partial charge in [0.2, 0.25) is 0 Å². The fourth-order valence-electron chi connectivity index (χ4n) is 8.83. The number of rotatable bonds is 17. The van der Waals surface area contributed by atoms with Crippen LogP contribution in [0.3, 0.4) is 0 Å². The largest absolute Gasteiger partial charge is 0.405 e. The van der Waals surface area contributed by atoms with Gasteiger partial charge in [-0.2, -0.15) is 0 Å². The van der Waals surface area contributed by atoms with Crippen molar-refractivity contribution < 1.29 is 16.5 Å². The van der Waals surface area contributed by atoms with E-state index in [1.807, 2.05) is 0 Å². The molecule has 7 aromatic rings. The van der Waals surface area contributed by atoms with Crippen LogP contribution in [0.15, 0.2) is 212 Å². The van der Waals surface area contributed by atoms with Crippen LogP contribution in [-0.4, -0.2) is 34.2 Å². The molecule has 1 heterocycles. The van der Waals surface area contributed by atoms with E-state index in [-0.39, 0.29) is 0 Å². The van der Waals surface area contributed by atoms with E-state index < -0.39 is 34.2 Å². The first kappa shape index (κ1) is 42.9. The van der Waals surface area contributed by atoms with E-state index in [0.717, 1.165) is 55.2 Å². The van der Waals surface area contributed by atoms with Crippen LogP contribution in [0, 0.1) is 0 Å². The number of hydrogen-bond donors (Lipinski definition) is 0. The summed E-state index contributed by atoms with van der Waals surface area (Å²) in [5, 5.41) is 7.25. The van der Waals surface area contributed by atoms with Gasteiger partial charge < -0.3 is 16.5 Å². The Morgan fingerprint density at radius 1 is 0.262 bits per heavy atom. The molecule has 1 aliphatic heterocycles. The molecule has 7 aromatic carbocycles. The molecule has 1 fully saturated rings. The molecule has 1 saturated heterocycles. The molecule has 0 amide bonds. The Labute approximate surface area is 368 Å². The molecule has 4 nitrogen and oxygen atoms in total. The zero-order chi connectivity index (χ0) is 41.7. The smallest absolute Gasteiger partial charge is 0.390 e. The lowest BCUT2D eigenvalue weighted by Gasteiger charge is -2.53. The molecule has 0 N–H and O–H groups in total. The monoisotopic (exact) mass is 870 g/mol. The second-order valence-electron chi connectivity index (χ2n) is 16.2. The van der Waals surface area contributed by atoms with Crippen LogP contribution in [0.5, 0.6) is 0 Å². The highest BCUT2D eigenvalue weighted by molar-refractivity contribution is 7.14. The highest BCUT2D eigenvalue weighted by Gasteiger charge is 2.67. The highest BCUT2D eigenvalue weighted by atomic mass is 28.5. The molecule has 0 saturated carbocycles. The Morgan fingerprint density at radius 3 is 0.770 bits per heavy atom. The quantitative estimate of drug-likeness (QED) is 0.0679. The third kappa shape index (κ3) is 9.38. The maximum Gasteiger partial charge on any atom is 0.390 e. The van der Waals surface area contributed by atoms with Crippen LogP contribution in [0.1, 0.15) is 64.7 Å². The fraction of sp³-hybridized carbons (Fsp3) is 0.208. The maximum atomic E-state index is 8.52. The van der Waals surface area contributed by atoms with E-state index in [1.165, 1.54) is 44.9 Å². The summed E-state index contributed by atoms with van der Waals surface area (Å²) < 4.78 is 34.0. The van der Waals surface area contributed by atoms with Crippen molar-refractivity contribution in [3.05, 3.63) is 212 Å². The van der Waals surface area contributed by atoms with Crippen LogP contribution >= 0.6 is 0 Å². The van der Waals surface area contributed by atoms with Crippen LogP contribution in [0.25, 0.3) is 0 Å². The minimum Gasteiger partial charge on any atom is -0.405 e. The Morgan fingerprint density at radius 2 is 0.492 bits per heavy atom. The zero-order valence-corrected chi connectivity index (χ0v) is 39.4. The van der Waals surface area contributed by atoms with E-state index >= 15 is 0 Å². The predicted molar refractivity (Wildman–Crippen MR) is 262 cm³/mol. The minimum absolute atomic E-state index is 0.758. The van der Waals surface area contributed by atoms with Gasteiger partial charge >= 0.3 is 34.2 Å². The third-order valence-electron chi connectivity index (χ3n) is 11.9. The highest BCUT2D eigenvalue weighted by Crippen LogP contribution is 2.35. The van der Waals surface area contributed by atoms with Gasteiger partial charge in [0.1, 0.15) is 0 Å². The molecule has 61 heavy (non-hydrogen) atoms. The normalized spacial score (nSPS) is 16.5. The first-order valence-corrected chi connectivity index (χ1v) is 29.8. The molecule has 8 rings (SSSR count). The molecule has 0 radical (unpaired) electrons. The topological polar surface area (TPSA) is 36.9 Å². The molecule has 0 unspecified atom stereocenters. The van der Waals surface area contributed by atoms with E-state index in [9.17, 15) is 0 Å². The van der Waals surface area contributed by atoms with Crippen molar-refractivity contribution >= 4 is 70.6 Å². The Kier molecular flexibility index (Phi) is 14.4. The van der Waals surface area contributed by atoms with Crippen molar-refractivity contribution in [3.8, 4) is 0 Å². The molecule has 0 bridgehead atoms. The lowest BCUT2D eigenvalue weighted by Crippen LogP contribution is -2.86. The van der Waals surface area contributed by atoms with Crippen molar-refractivity contribution in [1.82, 2.24) is 0 Å². The first-order chi connectivity index (χ1) is 30.1. The van der Waals surface area contributed by atoms with Crippen LogP contribution in [-0.2, 0) is 16.5 Å². The van der Waals surface area contributed by atoms with Crippen molar-refractivity contribution in [2.24, 2.45) is 0 Å². The van der Waals surface area contributed by atoms with Crippen LogP contribution in [0.4, 0.5) is 0 Å². The van der Waals surface area contributed by atoms with Crippen molar-refractivity contribution in [1.29, 1.82) is 0 Å². The molecule has 0 aromatic heterocycles. The van der Waals surface area contributed by atoms with Crippen molar-refractivity contribution in [2.45, 2.75) is 70.8 Å². The lowest BCUT2D eigenvalue weighted by atomic mass is 10.1. The van der Waals surface area contributed by atoms with Crippen LogP contribution in [0.2, 0.25) is 6.04 Å². The molecular weight excluding hydrogens is 813 g/mol. The van der Waals surface area contributed by atoms with Gasteiger partial charge in [0.25, 0.3) is 0 Å². The zero-order valence-electron chi connectivity index (χ0n) is 35.4. The van der Waals surface area contributed by atoms with E-state index in [4.69, 9.17) is 16.5 Å². The van der Waals surface area contributed by atoms with Crippen molar-refractivity contribution in [2.75, 3.05) is 0 Å². The number of unbranched alkanes of at least 4 members (excludes halogenated alkanes) is 8. The Balaban J connectivity index is 1.43. The van der Waals surface area contributed by atoms with E-state index in [2.05, 4.69) is 219 Å². The van der Waals surface area contributed by atoms with Gasteiger partial charge in [0, 0.05) is 0 Å². The fourth-order valence-corrected chi connectivity index (χ4v) is 31.9. The molecule has 0 spiro atoms. The standard InChI is InChI=1S/C53H58O4Si4/c1-2-3-4-5-6-7-8-9-31-46-58(47-32-17-10-18-33-47)54-59(48-34-19-11-20-35-48,49-36-21-12-22-37-49)56-61(52-42-27-15-28-43-52,53-44-29-16-30-45-53)57-60(55-58,50-38-23-13-24-39-50)51-40-25-14-26-41-51/h10-30,32-45H,2-9,31,46H2,1H3. The Bertz CT molecular complexity index is 2120. The third-order valence-corrected chi connectivity index (χ3v) is 30.3. The summed E-state index contributed by atoms with van der Waals surface area (Å²) in [6.45, 7) is 2.29. The predicted octanol–water partition coefficient (Wildman–Crippen LogP) is 8.72. The molecule has 0 atom stereocenters. The van der Waals surface area contributed by atoms with Gasteiger partial charge in [-0.15, -0.1) is 0 Å². The summed E-state index contributed by atoms with van der Waals surface area (Å²) in [6, 6.07) is 75.9. The summed E-state index contributed by atoms with van der Waals surface area (Å²) in [4.78, 5) is 0. The van der Waals surface area contributed by atoms with Crippen molar-refractivity contribution in [3.63, 3.8) is 0 Å². The van der Waals surface area contributed by atoms with Gasteiger partial charge in [-0.05, 0) is 42.4 Å². The summed E-state index contributed by atoms with van der Waals surface area (Å²) in [7, 11) is -15.0. The number of hydrogen-bond acceptors (Lipinski definition) is 4. The van der Waals surface area contributed by atoms with Gasteiger partial charge in [0.05, 0.1) is 0 Å². The van der Waals surface area contributed by atoms with Crippen LogP contribution < -0.4 is 36.3 Å². The molecule has 8 heteroatoms. The van der Waals surface area contributed by atoms with Gasteiger partial charge in [-0.1, -0.05) is 277 Å². The van der Waals surface area contributed by atoms with E-state index in [0.29, 0.717) is 0 Å². The van der Waals surface area contributed by atoms with Gasteiger partial charge in [0.15, 0.2) is 0 Å². The summed E-state index contributed by atoms with van der Waals surface area (Å²) in [5.74, 6) is 0. The van der Waals surface area contributed by atoms with Gasteiger partial charge in [-0.3, -0.25) is 0 Å². The molecule has 310 valence electrons. The second-order valence-corrected chi connectivity index (χ2v) is 29.2. The second kappa shape index (κ2) is 20.4. The summed E-state index contributed by atoms with van der Waals surface area (Å²) in [6.07, 6.45) is 11.0. The lowest BCUT2D eigenvalue weighted by molar-refractivity contribution is 0.259. The summed E-state index contributed by atoms with van der Waals surface area (Å²) in [5.41, 5.74) is 0. The molecular formula is C53H58O4Si4. The Hall–Kier alpha value is -4.75. The maximum absolute atomic E-state index is 8.52.